The summed E-state index contributed by atoms with van der Waals surface area (Å²) >= 11 is 0. The average Bonchev–Trinajstić information content (AvgIpc) is 4.02. The number of aliphatic hydroxyl groups is 4. The van der Waals surface area contributed by atoms with Gasteiger partial charge in [0.2, 0.25) is 17.9 Å². The summed E-state index contributed by atoms with van der Waals surface area (Å²) in [6.45, 7) is 6.94. The molecule has 374 valence electrons. The second kappa shape index (κ2) is 18.2. The van der Waals surface area contributed by atoms with Crippen molar-refractivity contribution in [2.75, 3.05) is 13.2 Å². The molecule has 2 aromatic carbocycles. The summed E-state index contributed by atoms with van der Waals surface area (Å²) in [5.74, 6) is -6.68. The van der Waals surface area contributed by atoms with Crippen LogP contribution < -0.4 is 5.32 Å². The molecule has 3 saturated carbocycles. The van der Waals surface area contributed by atoms with Gasteiger partial charge in [-0.15, -0.1) is 0 Å². The Morgan fingerprint density at radius 2 is 1.49 bits per heavy atom. The van der Waals surface area contributed by atoms with E-state index in [9.17, 15) is 44.4 Å². The minimum Gasteiger partial charge on any atom is -0.455 e. The number of benzene rings is 2. The Balaban J connectivity index is 1.01. The van der Waals surface area contributed by atoms with Crippen LogP contribution in [0.1, 0.15) is 102 Å². The lowest BCUT2D eigenvalue weighted by atomic mass is 9.45. The van der Waals surface area contributed by atoms with E-state index in [-0.39, 0.29) is 84.6 Å². The first-order valence-corrected chi connectivity index (χ1v) is 24.3. The van der Waals surface area contributed by atoms with E-state index < -0.39 is 107 Å². The number of aliphatic hydroxyl groups excluding tert-OH is 2. The minimum atomic E-state index is -2.36. The van der Waals surface area contributed by atoms with Crippen LogP contribution in [-0.4, -0.2) is 128 Å². The number of likely N-dealkylation sites (tertiary alicyclic amines) is 1. The first-order valence-electron chi connectivity index (χ1n) is 24.3. The second-order valence-electron chi connectivity index (χ2n) is 21.2. The molecule has 7 aliphatic rings. The van der Waals surface area contributed by atoms with Crippen molar-refractivity contribution < 1.29 is 72.9 Å². The van der Waals surface area contributed by atoms with Crippen LogP contribution in [0.3, 0.4) is 0 Å². The lowest BCUT2D eigenvalue weighted by Gasteiger charge is -2.66. The maximum Gasteiger partial charge on any atom is 0.350 e. The van der Waals surface area contributed by atoms with Crippen LogP contribution in [0.5, 0.6) is 0 Å². The number of nitrogens with one attached hydrogen (secondary N) is 1. The zero-order chi connectivity index (χ0) is 50.2. The number of ether oxygens (including phenoxy) is 4. The molecule has 9 rings (SSSR count). The Morgan fingerprint density at radius 1 is 0.857 bits per heavy atom. The Morgan fingerprint density at radius 3 is 2.09 bits per heavy atom. The zero-order valence-electron chi connectivity index (χ0n) is 39.9. The second-order valence-corrected chi connectivity index (χ2v) is 21.2. The third-order valence-corrected chi connectivity index (χ3v) is 17.0. The fourth-order valence-corrected chi connectivity index (χ4v) is 13.1. The van der Waals surface area contributed by atoms with Crippen LogP contribution >= 0.6 is 0 Å². The number of fused-ring (bicyclic) bond motifs is 10. The molecule has 2 aromatic rings. The van der Waals surface area contributed by atoms with Crippen molar-refractivity contribution in [3.8, 4) is 0 Å². The predicted molar refractivity (Wildman–Crippen MR) is 245 cm³/mol. The van der Waals surface area contributed by atoms with Crippen LogP contribution in [0.4, 0.5) is 0 Å². The summed E-state index contributed by atoms with van der Waals surface area (Å²) in [5, 5.41) is 52.3. The van der Waals surface area contributed by atoms with E-state index in [0.29, 0.717) is 18.4 Å². The van der Waals surface area contributed by atoms with E-state index in [4.69, 9.17) is 18.9 Å². The molecule has 0 aromatic heterocycles. The van der Waals surface area contributed by atoms with Gasteiger partial charge in [0.15, 0.2) is 11.9 Å². The van der Waals surface area contributed by atoms with E-state index in [1.165, 1.54) is 18.7 Å². The number of Topliss-reactive ketones (excluding diaryl/α,β-unsaturated/α-hetero) is 1. The van der Waals surface area contributed by atoms with Crippen LogP contribution in [0, 0.1) is 40.4 Å². The number of hydrogen-bond acceptors (Lipinski definition) is 15. The van der Waals surface area contributed by atoms with Crippen molar-refractivity contribution in [3.05, 3.63) is 95.1 Å². The molecule has 0 spiro atoms. The number of carbonyl (C=O) groups excluding carboxylic acids is 7. The molecular weight excluding hydrogens is 905 g/mol. The standard InChI is InChI=1S/C53H62N2O15/c1-27-33(25-53(66)45(60)43-51(5,34(57)24-35-52(43,65)26-67-35)44(59)41(68-28(2)56)39(27)50(53,3)4)69-49(64)42(40(29-15-9-6-10-16-29)54-46(61)30-17-11-7-12-18-30)70-36(58)19-13-8-14-22-55-47(62)37-31-20-21-32(23-31)38(37)48(55)63/h6-7,9-12,15-18,20-21,31-35,37-38,40-43,45,57,60,65-66H,8,13-14,19,22-26H2,1-5H3,(H,54,61)/t31?,32?,33-,34-,35+,37?,38?,40-,41+,42+,43?,45-,51+,52-,53+/m0/s1. The van der Waals surface area contributed by atoms with Gasteiger partial charge in [-0.05, 0) is 73.8 Å². The Labute approximate surface area is 405 Å². The summed E-state index contributed by atoms with van der Waals surface area (Å²) in [7, 11) is 0. The summed E-state index contributed by atoms with van der Waals surface area (Å²) in [5.41, 5.74) is -7.12. The average molecular weight is 967 g/mol. The van der Waals surface area contributed by atoms with Crippen LogP contribution in [-0.2, 0) is 47.7 Å². The number of esters is 3. The topological polar surface area (TPSA) is 253 Å². The van der Waals surface area contributed by atoms with Crippen LogP contribution in [0.15, 0.2) is 84.0 Å². The SMILES string of the molecule is CC(=O)O[C@H]1C(=O)[C@@]2(C)C([C@H](O)[C@]3(O)C[C@H](OC(=O)[C@H](OC(=O)CCCCCN4C(=O)C5C6C=CC(C6)C5C4=O)[C@@H](NC(=O)c4ccccc4)c4ccccc4)C(C)=C1C3(C)C)[C@]1(O)CO[C@@H]1C[C@@H]2O. The molecule has 15 atom stereocenters. The number of hydrogen-bond donors (Lipinski definition) is 5. The Kier molecular flexibility index (Phi) is 12.9. The van der Waals surface area contributed by atoms with E-state index in [1.54, 1.807) is 74.5 Å². The maximum absolute atomic E-state index is 15.1. The lowest BCUT2D eigenvalue weighted by molar-refractivity contribution is -0.344. The van der Waals surface area contributed by atoms with E-state index in [2.05, 4.69) is 5.32 Å². The fourth-order valence-electron chi connectivity index (χ4n) is 13.1. The summed E-state index contributed by atoms with van der Waals surface area (Å²) in [4.78, 5) is 98.6. The molecule has 70 heavy (non-hydrogen) atoms. The van der Waals surface area contributed by atoms with Crippen molar-refractivity contribution in [2.45, 2.75) is 133 Å². The summed E-state index contributed by atoms with van der Waals surface area (Å²) < 4.78 is 23.7. The highest BCUT2D eigenvalue weighted by atomic mass is 16.6. The van der Waals surface area contributed by atoms with Gasteiger partial charge in [-0.3, -0.25) is 33.7 Å². The normalized spacial score (nSPS) is 36.4. The molecule has 17 nitrogen and oxygen atoms in total. The molecule has 3 amide bonds. The monoisotopic (exact) mass is 966 g/mol. The predicted octanol–water partition coefficient (Wildman–Crippen LogP) is 3.22. The van der Waals surface area contributed by atoms with E-state index >= 15 is 9.59 Å². The van der Waals surface area contributed by atoms with Crippen molar-refractivity contribution in [2.24, 2.45) is 40.4 Å². The molecule has 5 fully saturated rings. The molecule has 5 unspecified atom stereocenters. The van der Waals surface area contributed by atoms with Gasteiger partial charge in [-0.2, -0.15) is 0 Å². The molecule has 4 bridgehead atoms. The highest BCUT2D eigenvalue weighted by Gasteiger charge is 2.75. The van der Waals surface area contributed by atoms with Gasteiger partial charge in [-0.25, -0.2) is 4.79 Å². The minimum absolute atomic E-state index is 0.000700. The molecule has 5 N–H and O–H groups in total. The molecule has 2 saturated heterocycles. The Bertz CT molecular complexity index is 2500. The first kappa shape index (κ1) is 49.4. The zero-order valence-corrected chi connectivity index (χ0v) is 39.9. The number of carbonyl (C=O) groups is 7. The lowest BCUT2D eigenvalue weighted by Crippen LogP contribution is -2.80. The number of allylic oxidation sites excluding steroid dienone is 2. The fraction of sp³-hybridized carbons (Fsp3) is 0.566. The third-order valence-electron chi connectivity index (χ3n) is 17.0. The highest BCUT2D eigenvalue weighted by molar-refractivity contribution is 6.06. The molecule has 5 aliphatic carbocycles. The van der Waals surface area contributed by atoms with E-state index in [1.807, 2.05) is 12.2 Å². The number of amides is 3. The van der Waals surface area contributed by atoms with Gasteiger partial charge in [0.1, 0.15) is 23.3 Å². The smallest absolute Gasteiger partial charge is 0.350 e. The molecule has 2 aliphatic heterocycles. The maximum atomic E-state index is 15.1. The number of ketones is 1. The van der Waals surface area contributed by atoms with Gasteiger partial charge in [-0.1, -0.05) is 81.0 Å². The molecule has 17 heteroatoms. The highest BCUT2D eigenvalue weighted by Crippen LogP contribution is 2.63. The molecule has 2 heterocycles. The van der Waals surface area contributed by atoms with Gasteiger partial charge in [0.25, 0.3) is 5.91 Å². The molecular formula is C53H62N2O15. The van der Waals surface area contributed by atoms with Crippen LogP contribution in [0.2, 0.25) is 0 Å². The number of rotatable bonds is 14. The van der Waals surface area contributed by atoms with Crippen molar-refractivity contribution >= 4 is 41.4 Å². The van der Waals surface area contributed by atoms with Gasteiger partial charge >= 0.3 is 17.9 Å². The quantitative estimate of drug-likeness (QED) is 0.0600. The van der Waals surface area contributed by atoms with Gasteiger partial charge in [0.05, 0.1) is 42.2 Å². The number of nitrogens with zero attached hydrogens (tertiary/aromatic N) is 1. The summed E-state index contributed by atoms with van der Waals surface area (Å²) in [6.07, 6.45) is -4.55. The third kappa shape index (κ3) is 7.83. The first-order chi connectivity index (χ1) is 33.1. The number of imide groups is 1. The van der Waals surface area contributed by atoms with Crippen molar-refractivity contribution in [3.63, 3.8) is 0 Å². The summed E-state index contributed by atoms with van der Waals surface area (Å²) in [6, 6.07) is 15.1. The largest absolute Gasteiger partial charge is 0.455 e. The van der Waals surface area contributed by atoms with E-state index in [0.717, 1.165) is 13.3 Å². The Hall–Kier alpha value is -5.59. The van der Waals surface area contributed by atoms with Gasteiger partial charge in [0, 0.05) is 49.6 Å². The van der Waals surface area contributed by atoms with Crippen molar-refractivity contribution in [1.82, 2.24) is 10.2 Å². The number of unbranched alkanes of at least 4 members (excludes halogenated alkanes) is 2. The van der Waals surface area contributed by atoms with Crippen molar-refractivity contribution in [1.29, 1.82) is 0 Å². The molecule has 0 radical (unpaired) electrons. The van der Waals surface area contributed by atoms with Crippen LogP contribution in [0.25, 0.3) is 0 Å². The van der Waals surface area contributed by atoms with Gasteiger partial charge < -0.3 is 44.7 Å².